The monoisotopic (exact) mass is 357 g/mol. The molecule has 136 valence electrons. The van der Waals surface area contributed by atoms with Crippen LogP contribution in [0.1, 0.15) is 31.2 Å². The molecule has 0 aliphatic heterocycles. The van der Waals surface area contributed by atoms with Crippen LogP contribution in [-0.4, -0.2) is 44.9 Å². The molecule has 0 spiro atoms. The molecule has 1 aromatic carbocycles. The molecule has 1 amide bonds. The van der Waals surface area contributed by atoms with Gasteiger partial charge in [-0.05, 0) is 18.4 Å². The summed E-state index contributed by atoms with van der Waals surface area (Å²) >= 11 is 5.61. The van der Waals surface area contributed by atoms with E-state index in [4.69, 9.17) is 25.8 Å². The number of amides is 1. The SMILES string of the molecule is O=C(NCCOCCOCCCCCCCl)OCc1ccccc1. The fourth-order valence-electron chi connectivity index (χ4n) is 1.97. The van der Waals surface area contributed by atoms with Gasteiger partial charge in [0, 0.05) is 19.0 Å². The van der Waals surface area contributed by atoms with Gasteiger partial charge in [-0.1, -0.05) is 43.2 Å². The Morgan fingerprint density at radius 2 is 1.62 bits per heavy atom. The average molecular weight is 358 g/mol. The van der Waals surface area contributed by atoms with Crippen molar-refractivity contribution in [1.82, 2.24) is 5.32 Å². The number of carbonyl (C=O) groups is 1. The van der Waals surface area contributed by atoms with Gasteiger partial charge in [0.05, 0.1) is 19.8 Å². The van der Waals surface area contributed by atoms with Gasteiger partial charge in [-0.15, -0.1) is 11.6 Å². The maximum atomic E-state index is 11.5. The number of benzene rings is 1. The van der Waals surface area contributed by atoms with Gasteiger partial charge in [-0.2, -0.15) is 0 Å². The molecule has 24 heavy (non-hydrogen) atoms. The molecule has 0 saturated heterocycles. The zero-order chi connectivity index (χ0) is 17.3. The van der Waals surface area contributed by atoms with Crippen LogP contribution in [0.15, 0.2) is 30.3 Å². The van der Waals surface area contributed by atoms with Crippen LogP contribution >= 0.6 is 11.6 Å². The molecule has 0 aliphatic rings. The van der Waals surface area contributed by atoms with Gasteiger partial charge >= 0.3 is 6.09 Å². The van der Waals surface area contributed by atoms with E-state index < -0.39 is 6.09 Å². The molecule has 6 heteroatoms. The van der Waals surface area contributed by atoms with E-state index in [1.165, 1.54) is 0 Å². The quantitative estimate of drug-likeness (QED) is 0.407. The van der Waals surface area contributed by atoms with Gasteiger partial charge in [-0.3, -0.25) is 0 Å². The summed E-state index contributed by atoms with van der Waals surface area (Å²) in [6.07, 6.45) is 4.02. The van der Waals surface area contributed by atoms with E-state index in [-0.39, 0.29) is 6.61 Å². The maximum Gasteiger partial charge on any atom is 0.407 e. The van der Waals surface area contributed by atoms with Gasteiger partial charge in [-0.25, -0.2) is 4.79 Å². The van der Waals surface area contributed by atoms with Crippen LogP contribution in [0.3, 0.4) is 0 Å². The lowest BCUT2D eigenvalue weighted by molar-refractivity contribution is 0.0467. The van der Waals surface area contributed by atoms with Crippen molar-refractivity contribution >= 4 is 17.7 Å². The highest BCUT2D eigenvalue weighted by atomic mass is 35.5. The Morgan fingerprint density at radius 3 is 2.38 bits per heavy atom. The van der Waals surface area contributed by atoms with Gasteiger partial charge in [0.25, 0.3) is 0 Å². The third kappa shape index (κ3) is 12.2. The second-order valence-corrected chi connectivity index (χ2v) is 5.69. The van der Waals surface area contributed by atoms with Crippen molar-refractivity contribution in [1.29, 1.82) is 0 Å². The van der Waals surface area contributed by atoms with Crippen molar-refractivity contribution in [2.45, 2.75) is 32.3 Å². The normalized spacial score (nSPS) is 10.5. The van der Waals surface area contributed by atoms with Crippen LogP contribution in [0.5, 0.6) is 0 Å². The molecule has 1 rings (SSSR count). The fraction of sp³-hybridized carbons (Fsp3) is 0.611. The van der Waals surface area contributed by atoms with Crippen LogP contribution in [0.25, 0.3) is 0 Å². The topological polar surface area (TPSA) is 56.8 Å². The zero-order valence-electron chi connectivity index (χ0n) is 14.2. The highest BCUT2D eigenvalue weighted by molar-refractivity contribution is 6.17. The molecule has 0 heterocycles. The molecule has 5 nitrogen and oxygen atoms in total. The van der Waals surface area contributed by atoms with Gasteiger partial charge in [0.15, 0.2) is 0 Å². The number of hydrogen-bond acceptors (Lipinski definition) is 4. The van der Waals surface area contributed by atoms with E-state index in [9.17, 15) is 4.79 Å². The third-order valence-electron chi connectivity index (χ3n) is 3.27. The van der Waals surface area contributed by atoms with E-state index in [0.717, 1.165) is 43.7 Å². The Morgan fingerprint density at radius 1 is 0.917 bits per heavy atom. The first-order valence-electron chi connectivity index (χ1n) is 8.49. The minimum atomic E-state index is -0.435. The summed E-state index contributed by atoms with van der Waals surface area (Å²) in [6, 6.07) is 9.56. The molecule has 0 fully saturated rings. The Kier molecular flexibility index (Phi) is 13.2. The molecule has 1 N–H and O–H groups in total. The summed E-state index contributed by atoms with van der Waals surface area (Å²) in [6.45, 7) is 3.00. The number of halogens is 1. The predicted octanol–water partition coefficient (Wildman–Crippen LogP) is 3.75. The Labute approximate surface area is 149 Å². The second-order valence-electron chi connectivity index (χ2n) is 5.32. The van der Waals surface area contributed by atoms with E-state index >= 15 is 0 Å². The summed E-state index contributed by atoms with van der Waals surface area (Å²) in [4.78, 5) is 11.5. The first-order chi connectivity index (χ1) is 11.8. The molecular weight excluding hydrogens is 330 g/mol. The summed E-state index contributed by atoms with van der Waals surface area (Å²) in [5.41, 5.74) is 0.962. The lowest BCUT2D eigenvalue weighted by Gasteiger charge is -2.08. The van der Waals surface area contributed by atoms with Gasteiger partial charge in [0.2, 0.25) is 0 Å². The van der Waals surface area contributed by atoms with Crippen LogP contribution in [0.2, 0.25) is 0 Å². The average Bonchev–Trinajstić information content (AvgIpc) is 2.62. The summed E-state index contributed by atoms with van der Waals surface area (Å²) < 4.78 is 15.9. The zero-order valence-corrected chi connectivity index (χ0v) is 14.9. The summed E-state index contributed by atoms with van der Waals surface area (Å²) in [7, 11) is 0. The molecule has 0 atom stereocenters. The molecule has 0 saturated carbocycles. The summed E-state index contributed by atoms with van der Waals surface area (Å²) in [5, 5.41) is 2.65. The number of rotatable bonds is 14. The first kappa shape index (κ1) is 20.7. The van der Waals surface area contributed by atoms with Gasteiger partial charge < -0.3 is 19.5 Å². The Hall–Kier alpha value is -1.30. The number of alkyl halides is 1. The molecule has 0 radical (unpaired) electrons. The van der Waals surface area contributed by atoms with Crippen LogP contribution in [-0.2, 0) is 20.8 Å². The van der Waals surface area contributed by atoms with E-state index in [1.807, 2.05) is 30.3 Å². The van der Waals surface area contributed by atoms with Crippen LogP contribution in [0.4, 0.5) is 4.79 Å². The lowest BCUT2D eigenvalue weighted by atomic mass is 10.2. The van der Waals surface area contributed by atoms with E-state index in [2.05, 4.69) is 5.32 Å². The Balaban J connectivity index is 1.82. The maximum absolute atomic E-state index is 11.5. The molecule has 0 unspecified atom stereocenters. The number of carbonyl (C=O) groups excluding carboxylic acids is 1. The lowest BCUT2D eigenvalue weighted by Crippen LogP contribution is -2.28. The standard InChI is InChI=1S/C18H28ClNO4/c19-10-6-1-2-7-12-22-14-15-23-13-11-20-18(21)24-16-17-8-4-3-5-9-17/h3-5,8-9H,1-2,6-7,10-16H2,(H,20,21). The minimum absolute atomic E-state index is 0.270. The number of unbranched alkanes of at least 4 members (excludes halogenated alkanes) is 3. The fourth-order valence-corrected chi connectivity index (χ4v) is 2.16. The van der Waals surface area contributed by atoms with Crippen molar-refractivity contribution in [3.8, 4) is 0 Å². The van der Waals surface area contributed by atoms with E-state index in [0.29, 0.717) is 26.4 Å². The minimum Gasteiger partial charge on any atom is -0.445 e. The number of nitrogens with one attached hydrogen (secondary N) is 1. The largest absolute Gasteiger partial charge is 0.445 e. The molecular formula is C18H28ClNO4. The van der Waals surface area contributed by atoms with Crippen molar-refractivity contribution in [2.24, 2.45) is 0 Å². The molecule has 1 aromatic rings. The second kappa shape index (κ2) is 15.2. The number of alkyl carbamates (subject to hydrolysis) is 1. The van der Waals surface area contributed by atoms with Crippen molar-refractivity contribution in [2.75, 3.05) is 38.9 Å². The van der Waals surface area contributed by atoms with E-state index in [1.54, 1.807) is 0 Å². The number of hydrogen-bond donors (Lipinski definition) is 1. The van der Waals surface area contributed by atoms with Crippen LogP contribution < -0.4 is 5.32 Å². The molecule has 0 bridgehead atoms. The summed E-state index contributed by atoms with van der Waals surface area (Å²) in [5.74, 6) is 0.739. The highest BCUT2D eigenvalue weighted by Crippen LogP contribution is 2.01. The molecule has 0 aliphatic carbocycles. The first-order valence-corrected chi connectivity index (χ1v) is 9.02. The Bertz CT molecular complexity index is 417. The smallest absolute Gasteiger partial charge is 0.407 e. The number of ether oxygens (including phenoxy) is 3. The van der Waals surface area contributed by atoms with Crippen LogP contribution in [0, 0.1) is 0 Å². The van der Waals surface area contributed by atoms with Crippen molar-refractivity contribution in [3.05, 3.63) is 35.9 Å². The van der Waals surface area contributed by atoms with Crippen molar-refractivity contribution in [3.63, 3.8) is 0 Å². The predicted molar refractivity (Wildman–Crippen MR) is 95.5 cm³/mol. The molecule has 0 aromatic heterocycles. The highest BCUT2D eigenvalue weighted by Gasteiger charge is 2.01. The van der Waals surface area contributed by atoms with Gasteiger partial charge in [0.1, 0.15) is 6.61 Å². The third-order valence-corrected chi connectivity index (χ3v) is 3.54. The van der Waals surface area contributed by atoms with Crippen molar-refractivity contribution < 1.29 is 19.0 Å².